The molecule has 0 atom stereocenters. The number of rotatable bonds is 2. The molecule has 5 nitrogen and oxygen atoms in total. The Morgan fingerprint density at radius 1 is 1.44 bits per heavy atom. The third-order valence-electron chi connectivity index (χ3n) is 2.00. The average Bonchev–Trinajstić information content (AvgIpc) is 2.59. The highest BCUT2D eigenvalue weighted by Crippen LogP contribution is 2.14. The molecule has 0 saturated carbocycles. The maximum Gasteiger partial charge on any atom is 0.274 e. The molecule has 0 aromatic carbocycles. The lowest BCUT2D eigenvalue weighted by Crippen LogP contribution is -2.16. The SMILES string of the molecule is Cn1cc(Br)cc1C(=O)Nc1ncccn1. The molecule has 6 heteroatoms. The number of hydrogen-bond acceptors (Lipinski definition) is 3. The summed E-state index contributed by atoms with van der Waals surface area (Å²) in [6.45, 7) is 0. The molecule has 2 heterocycles. The molecule has 1 N–H and O–H groups in total. The van der Waals surface area contributed by atoms with Gasteiger partial charge in [0.15, 0.2) is 0 Å². The Hall–Kier alpha value is -1.69. The maximum atomic E-state index is 11.8. The van der Waals surface area contributed by atoms with Crippen LogP contribution in [0.4, 0.5) is 5.95 Å². The van der Waals surface area contributed by atoms with E-state index < -0.39 is 0 Å². The topological polar surface area (TPSA) is 59.8 Å². The second kappa shape index (κ2) is 4.44. The number of hydrogen-bond donors (Lipinski definition) is 1. The van der Waals surface area contributed by atoms with Gasteiger partial charge in [-0.05, 0) is 28.1 Å². The van der Waals surface area contributed by atoms with Gasteiger partial charge in [0, 0.05) is 30.1 Å². The fraction of sp³-hybridized carbons (Fsp3) is 0.100. The summed E-state index contributed by atoms with van der Waals surface area (Å²) >= 11 is 3.30. The van der Waals surface area contributed by atoms with E-state index in [1.165, 1.54) is 0 Å². The fourth-order valence-corrected chi connectivity index (χ4v) is 1.80. The van der Waals surface area contributed by atoms with Gasteiger partial charge in [0.25, 0.3) is 5.91 Å². The molecule has 0 aliphatic heterocycles. The van der Waals surface area contributed by atoms with Crippen molar-refractivity contribution in [2.75, 3.05) is 5.32 Å². The first-order chi connectivity index (χ1) is 7.66. The largest absolute Gasteiger partial charge is 0.345 e. The van der Waals surface area contributed by atoms with Gasteiger partial charge in [-0.3, -0.25) is 10.1 Å². The minimum atomic E-state index is -0.237. The Kier molecular flexibility index (Phi) is 3.00. The van der Waals surface area contributed by atoms with E-state index in [2.05, 4.69) is 31.2 Å². The lowest BCUT2D eigenvalue weighted by Gasteiger charge is -2.03. The van der Waals surface area contributed by atoms with Crippen LogP contribution in [0, 0.1) is 0 Å². The Labute approximate surface area is 101 Å². The first kappa shape index (κ1) is 10.8. The van der Waals surface area contributed by atoms with Gasteiger partial charge in [-0.15, -0.1) is 0 Å². The summed E-state index contributed by atoms with van der Waals surface area (Å²) in [7, 11) is 1.80. The summed E-state index contributed by atoms with van der Waals surface area (Å²) in [4.78, 5) is 19.6. The molecular formula is C10H9BrN4O. The lowest BCUT2D eigenvalue weighted by atomic mass is 10.4. The van der Waals surface area contributed by atoms with Gasteiger partial charge in [-0.2, -0.15) is 0 Å². The van der Waals surface area contributed by atoms with Gasteiger partial charge in [0.1, 0.15) is 5.69 Å². The standard InChI is InChI=1S/C10H9BrN4O/c1-15-6-7(11)5-8(15)9(16)14-10-12-3-2-4-13-10/h2-6H,1H3,(H,12,13,14,16). The van der Waals surface area contributed by atoms with Gasteiger partial charge in [-0.25, -0.2) is 9.97 Å². The molecule has 0 spiro atoms. The van der Waals surface area contributed by atoms with E-state index in [1.54, 1.807) is 42.3 Å². The number of aryl methyl sites for hydroxylation is 1. The Morgan fingerprint density at radius 3 is 2.69 bits per heavy atom. The number of halogens is 1. The first-order valence-electron chi connectivity index (χ1n) is 4.57. The second-order valence-electron chi connectivity index (χ2n) is 3.18. The number of amides is 1. The van der Waals surface area contributed by atoms with E-state index in [4.69, 9.17) is 0 Å². The summed E-state index contributed by atoms with van der Waals surface area (Å²) in [5, 5.41) is 2.61. The number of aromatic nitrogens is 3. The number of carbonyl (C=O) groups is 1. The van der Waals surface area contributed by atoms with E-state index >= 15 is 0 Å². The van der Waals surface area contributed by atoms with Crippen molar-refractivity contribution >= 4 is 27.8 Å². The molecule has 0 fully saturated rings. The molecule has 0 aliphatic carbocycles. The average molecular weight is 281 g/mol. The summed E-state index contributed by atoms with van der Waals surface area (Å²) in [5.41, 5.74) is 0.541. The molecule has 2 aromatic heterocycles. The molecule has 16 heavy (non-hydrogen) atoms. The fourth-order valence-electron chi connectivity index (χ4n) is 1.28. The van der Waals surface area contributed by atoms with Crippen LogP contribution in [-0.2, 0) is 7.05 Å². The number of carbonyl (C=O) groups excluding carboxylic acids is 1. The molecule has 0 unspecified atom stereocenters. The molecule has 2 rings (SSSR count). The van der Waals surface area contributed by atoms with Crippen LogP contribution < -0.4 is 5.32 Å². The van der Waals surface area contributed by atoms with Crippen molar-refractivity contribution in [2.24, 2.45) is 7.05 Å². The molecule has 0 bridgehead atoms. The second-order valence-corrected chi connectivity index (χ2v) is 4.10. The van der Waals surface area contributed by atoms with Gasteiger partial charge in [0.2, 0.25) is 5.95 Å². The zero-order chi connectivity index (χ0) is 11.5. The highest BCUT2D eigenvalue weighted by molar-refractivity contribution is 9.10. The Bertz CT molecular complexity index is 509. The predicted molar refractivity (Wildman–Crippen MR) is 63.1 cm³/mol. The highest BCUT2D eigenvalue weighted by Gasteiger charge is 2.11. The number of nitrogens with one attached hydrogen (secondary N) is 1. The van der Waals surface area contributed by atoms with Crippen LogP contribution in [-0.4, -0.2) is 20.4 Å². The van der Waals surface area contributed by atoms with Crippen LogP contribution in [0.2, 0.25) is 0 Å². The zero-order valence-corrected chi connectivity index (χ0v) is 10.1. The predicted octanol–water partition coefficient (Wildman–Crippen LogP) is 1.83. The maximum absolute atomic E-state index is 11.8. The third kappa shape index (κ3) is 2.27. The van der Waals surface area contributed by atoms with Crippen molar-refractivity contribution in [3.05, 3.63) is 40.9 Å². The Morgan fingerprint density at radius 2 is 2.12 bits per heavy atom. The van der Waals surface area contributed by atoms with E-state index in [0.29, 0.717) is 11.6 Å². The van der Waals surface area contributed by atoms with E-state index in [0.717, 1.165) is 4.47 Å². The summed E-state index contributed by atoms with van der Waals surface area (Å²) in [5.74, 6) is 0.0595. The number of anilines is 1. The quantitative estimate of drug-likeness (QED) is 0.913. The van der Waals surface area contributed by atoms with Gasteiger partial charge >= 0.3 is 0 Å². The molecule has 1 amide bonds. The molecular weight excluding hydrogens is 272 g/mol. The molecule has 82 valence electrons. The third-order valence-corrected chi connectivity index (χ3v) is 2.43. The molecule has 0 saturated heterocycles. The van der Waals surface area contributed by atoms with Crippen LogP contribution in [0.1, 0.15) is 10.5 Å². The van der Waals surface area contributed by atoms with E-state index in [-0.39, 0.29) is 5.91 Å². The van der Waals surface area contributed by atoms with Crippen molar-refractivity contribution < 1.29 is 4.79 Å². The van der Waals surface area contributed by atoms with Gasteiger partial charge < -0.3 is 4.57 Å². The summed E-state index contributed by atoms with van der Waals surface area (Å²) in [6.07, 6.45) is 4.95. The highest BCUT2D eigenvalue weighted by atomic mass is 79.9. The van der Waals surface area contributed by atoms with Crippen LogP contribution in [0.15, 0.2) is 35.2 Å². The minimum absolute atomic E-state index is 0.237. The molecule has 0 aliphatic rings. The van der Waals surface area contributed by atoms with Gasteiger partial charge in [0.05, 0.1) is 0 Å². The number of nitrogens with zero attached hydrogens (tertiary/aromatic N) is 3. The van der Waals surface area contributed by atoms with Crippen molar-refractivity contribution in [2.45, 2.75) is 0 Å². The minimum Gasteiger partial charge on any atom is -0.345 e. The summed E-state index contributed by atoms with van der Waals surface area (Å²) in [6, 6.07) is 3.42. The van der Waals surface area contributed by atoms with Gasteiger partial charge in [-0.1, -0.05) is 0 Å². The van der Waals surface area contributed by atoms with Crippen LogP contribution in [0.5, 0.6) is 0 Å². The van der Waals surface area contributed by atoms with Crippen molar-refractivity contribution in [1.82, 2.24) is 14.5 Å². The monoisotopic (exact) mass is 280 g/mol. The normalized spacial score (nSPS) is 10.1. The van der Waals surface area contributed by atoms with Crippen molar-refractivity contribution in [3.63, 3.8) is 0 Å². The van der Waals surface area contributed by atoms with Crippen molar-refractivity contribution in [3.8, 4) is 0 Å². The molecule has 2 aromatic rings. The first-order valence-corrected chi connectivity index (χ1v) is 5.36. The van der Waals surface area contributed by atoms with Crippen LogP contribution in [0.3, 0.4) is 0 Å². The van der Waals surface area contributed by atoms with E-state index in [9.17, 15) is 4.79 Å². The Balaban J connectivity index is 2.18. The zero-order valence-electron chi connectivity index (χ0n) is 8.51. The van der Waals surface area contributed by atoms with Crippen LogP contribution in [0.25, 0.3) is 0 Å². The smallest absolute Gasteiger partial charge is 0.274 e. The van der Waals surface area contributed by atoms with Crippen molar-refractivity contribution in [1.29, 1.82) is 0 Å². The molecule has 0 radical (unpaired) electrons. The lowest BCUT2D eigenvalue weighted by molar-refractivity contribution is 0.101. The van der Waals surface area contributed by atoms with Crippen LogP contribution >= 0.6 is 15.9 Å². The summed E-state index contributed by atoms with van der Waals surface area (Å²) < 4.78 is 2.58. The van der Waals surface area contributed by atoms with E-state index in [1.807, 2.05) is 0 Å².